The van der Waals surface area contributed by atoms with Crippen LogP contribution in [0.5, 0.6) is 5.75 Å². The first kappa shape index (κ1) is 16.9. The fourth-order valence-corrected chi connectivity index (χ4v) is 1.69. The topological polar surface area (TPSA) is 43.4 Å². The average molecular weight is 280 g/mol. The summed E-state index contributed by atoms with van der Waals surface area (Å²) < 4.78 is 11.2. The smallest absolute Gasteiger partial charge is 0.142 e. The SMILES string of the molecule is COC(C)(C)CCOc1cnccc1CNCC(C)C. The van der Waals surface area contributed by atoms with E-state index in [0.29, 0.717) is 12.5 Å². The standard InChI is InChI=1S/C16H28N2O2/c1-13(2)10-18-11-14-6-8-17-12-15(14)20-9-7-16(3,4)19-5/h6,8,12-13,18H,7,9-11H2,1-5H3. The Morgan fingerprint density at radius 1 is 1.35 bits per heavy atom. The molecule has 20 heavy (non-hydrogen) atoms. The Balaban J connectivity index is 2.48. The minimum atomic E-state index is -0.154. The van der Waals surface area contributed by atoms with E-state index >= 15 is 0 Å². The first-order valence-corrected chi connectivity index (χ1v) is 7.26. The van der Waals surface area contributed by atoms with Gasteiger partial charge >= 0.3 is 0 Å². The van der Waals surface area contributed by atoms with E-state index in [1.54, 1.807) is 19.5 Å². The monoisotopic (exact) mass is 280 g/mol. The average Bonchev–Trinajstić information content (AvgIpc) is 2.40. The molecule has 0 bridgehead atoms. The zero-order valence-corrected chi connectivity index (χ0v) is 13.4. The Kier molecular flexibility index (Phi) is 6.96. The van der Waals surface area contributed by atoms with E-state index in [9.17, 15) is 0 Å². The predicted octanol–water partition coefficient (Wildman–Crippen LogP) is 3.02. The molecule has 0 amide bonds. The van der Waals surface area contributed by atoms with Gasteiger partial charge in [-0.2, -0.15) is 0 Å². The molecule has 1 rings (SSSR count). The lowest BCUT2D eigenvalue weighted by atomic mass is 10.1. The quantitative estimate of drug-likeness (QED) is 0.755. The van der Waals surface area contributed by atoms with Gasteiger partial charge in [-0.05, 0) is 32.4 Å². The summed E-state index contributed by atoms with van der Waals surface area (Å²) in [5, 5.41) is 3.43. The van der Waals surface area contributed by atoms with Gasteiger partial charge in [-0.25, -0.2) is 0 Å². The van der Waals surface area contributed by atoms with Crippen LogP contribution in [0, 0.1) is 5.92 Å². The van der Waals surface area contributed by atoms with E-state index in [4.69, 9.17) is 9.47 Å². The normalized spacial score (nSPS) is 11.9. The third kappa shape index (κ3) is 6.35. The Hall–Kier alpha value is -1.13. The van der Waals surface area contributed by atoms with Crippen LogP contribution in [0.15, 0.2) is 18.5 Å². The van der Waals surface area contributed by atoms with E-state index in [0.717, 1.165) is 30.8 Å². The van der Waals surface area contributed by atoms with Crippen molar-refractivity contribution in [1.82, 2.24) is 10.3 Å². The van der Waals surface area contributed by atoms with Crippen molar-refractivity contribution in [3.63, 3.8) is 0 Å². The minimum Gasteiger partial charge on any atom is -0.492 e. The number of rotatable bonds is 9. The van der Waals surface area contributed by atoms with Gasteiger partial charge in [0.2, 0.25) is 0 Å². The lowest BCUT2D eigenvalue weighted by Crippen LogP contribution is -2.25. The number of hydrogen-bond donors (Lipinski definition) is 1. The Morgan fingerprint density at radius 3 is 2.75 bits per heavy atom. The molecule has 1 aromatic heterocycles. The maximum absolute atomic E-state index is 5.85. The highest BCUT2D eigenvalue weighted by Crippen LogP contribution is 2.19. The number of nitrogens with one attached hydrogen (secondary N) is 1. The largest absolute Gasteiger partial charge is 0.492 e. The summed E-state index contributed by atoms with van der Waals surface area (Å²) in [6, 6.07) is 2.00. The molecule has 114 valence electrons. The molecule has 0 spiro atoms. The Bertz CT molecular complexity index is 392. The maximum atomic E-state index is 5.85. The second-order valence-electron chi connectivity index (χ2n) is 6.07. The highest BCUT2D eigenvalue weighted by Gasteiger charge is 2.16. The van der Waals surface area contributed by atoms with Gasteiger partial charge in [-0.3, -0.25) is 4.98 Å². The summed E-state index contributed by atoms with van der Waals surface area (Å²) in [5.41, 5.74) is 0.994. The zero-order valence-electron chi connectivity index (χ0n) is 13.4. The van der Waals surface area contributed by atoms with Crippen molar-refractivity contribution in [2.45, 2.75) is 46.3 Å². The van der Waals surface area contributed by atoms with Gasteiger partial charge in [0.1, 0.15) is 5.75 Å². The Labute approximate surface area is 122 Å². The van der Waals surface area contributed by atoms with E-state index in [2.05, 4.69) is 38.0 Å². The molecular weight excluding hydrogens is 252 g/mol. The lowest BCUT2D eigenvalue weighted by molar-refractivity contribution is 0.00534. The van der Waals surface area contributed by atoms with Crippen molar-refractivity contribution < 1.29 is 9.47 Å². The van der Waals surface area contributed by atoms with Crippen molar-refractivity contribution in [1.29, 1.82) is 0 Å². The van der Waals surface area contributed by atoms with Crippen LogP contribution in [-0.4, -0.2) is 30.8 Å². The van der Waals surface area contributed by atoms with Crippen LogP contribution >= 0.6 is 0 Å². The fraction of sp³-hybridized carbons (Fsp3) is 0.688. The van der Waals surface area contributed by atoms with E-state index < -0.39 is 0 Å². The summed E-state index contributed by atoms with van der Waals surface area (Å²) in [5.74, 6) is 1.50. The molecule has 0 unspecified atom stereocenters. The molecule has 4 nitrogen and oxygen atoms in total. The molecule has 0 aliphatic carbocycles. The van der Waals surface area contributed by atoms with Crippen molar-refractivity contribution in [2.75, 3.05) is 20.3 Å². The van der Waals surface area contributed by atoms with Crippen LogP contribution < -0.4 is 10.1 Å². The van der Waals surface area contributed by atoms with Crippen molar-refractivity contribution in [3.8, 4) is 5.75 Å². The number of nitrogens with zero attached hydrogens (tertiary/aromatic N) is 1. The zero-order chi connectivity index (χ0) is 15.0. The van der Waals surface area contributed by atoms with Crippen molar-refractivity contribution in [3.05, 3.63) is 24.0 Å². The van der Waals surface area contributed by atoms with Crippen molar-refractivity contribution in [2.24, 2.45) is 5.92 Å². The third-order valence-electron chi connectivity index (χ3n) is 3.25. The highest BCUT2D eigenvalue weighted by atomic mass is 16.5. The van der Waals surface area contributed by atoms with Gasteiger partial charge in [0, 0.05) is 31.8 Å². The van der Waals surface area contributed by atoms with Crippen LogP contribution in [-0.2, 0) is 11.3 Å². The van der Waals surface area contributed by atoms with Gasteiger partial charge in [0.15, 0.2) is 0 Å². The number of aromatic nitrogens is 1. The maximum Gasteiger partial charge on any atom is 0.142 e. The van der Waals surface area contributed by atoms with Crippen LogP contribution in [0.25, 0.3) is 0 Å². The van der Waals surface area contributed by atoms with E-state index in [1.165, 1.54) is 0 Å². The predicted molar refractivity (Wildman–Crippen MR) is 82.0 cm³/mol. The Morgan fingerprint density at radius 2 is 2.10 bits per heavy atom. The van der Waals surface area contributed by atoms with Gasteiger partial charge < -0.3 is 14.8 Å². The summed E-state index contributed by atoms with van der Waals surface area (Å²) in [4.78, 5) is 4.14. The van der Waals surface area contributed by atoms with Crippen LogP contribution in [0.1, 0.15) is 39.7 Å². The molecule has 0 saturated carbocycles. The summed E-state index contributed by atoms with van der Waals surface area (Å²) in [6.07, 6.45) is 4.43. The van der Waals surface area contributed by atoms with E-state index in [1.807, 2.05) is 6.07 Å². The molecule has 0 atom stereocenters. The van der Waals surface area contributed by atoms with Crippen LogP contribution in [0.2, 0.25) is 0 Å². The third-order valence-corrected chi connectivity index (χ3v) is 3.25. The molecule has 1 N–H and O–H groups in total. The van der Waals surface area contributed by atoms with Gasteiger partial charge in [-0.1, -0.05) is 13.8 Å². The second kappa shape index (κ2) is 8.22. The van der Waals surface area contributed by atoms with Crippen LogP contribution in [0.3, 0.4) is 0 Å². The molecule has 4 heteroatoms. The molecule has 0 saturated heterocycles. The minimum absolute atomic E-state index is 0.154. The van der Waals surface area contributed by atoms with E-state index in [-0.39, 0.29) is 5.60 Å². The molecule has 0 aliphatic heterocycles. The van der Waals surface area contributed by atoms with Crippen molar-refractivity contribution >= 4 is 0 Å². The molecule has 0 aromatic carbocycles. The number of methoxy groups -OCH3 is 1. The summed E-state index contributed by atoms with van der Waals surface area (Å²) in [7, 11) is 1.73. The number of ether oxygens (including phenoxy) is 2. The summed E-state index contributed by atoms with van der Waals surface area (Å²) in [6.45, 7) is 11.0. The lowest BCUT2D eigenvalue weighted by Gasteiger charge is -2.23. The first-order chi connectivity index (χ1) is 9.44. The first-order valence-electron chi connectivity index (χ1n) is 7.26. The second-order valence-corrected chi connectivity index (χ2v) is 6.07. The molecule has 0 aliphatic rings. The molecule has 0 fully saturated rings. The van der Waals surface area contributed by atoms with Gasteiger partial charge in [0.25, 0.3) is 0 Å². The van der Waals surface area contributed by atoms with Gasteiger partial charge in [0.05, 0.1) is 18.4 Å². The molecule has 1 aromatic rings. The number of hydrogen-bond acceptors (Lipinski definition) is 4. The highest BCUT2D eigenvalue weighted by molar-refractivity contribution is 5.29. The van der Waals surface area contributed by atoms with Crippen LogP contribution in [0.4, 0.5) is 0 Å². The fourth-order valence-electron chi connectivity index (χ4n) is 1.69. The van der Waals surface area contributed by atoms with Gasteiger partial charge in [-0.15, -0.1) is 0 Å². The summed E-state index contributed by atoms with van der Waals surface area (Å²) >= 11 is 0. The molecular formula is C16H28N2O2. The molecule has 0 radical (unpaired) electrons. The molecule has 1 heterocycles. The number of pyridine rings is 1.